The van der Waals surface area contributed by atoms with E-state index in [4.69, 9.17) is 0 Å². The van der Waals surface area contributed by atoms with Crippen molar-refractivity contribution in [3.63, 3.8) is 0 Å². The van der Waals surface area contributed by atoms with Crippen LogP contribution in [-0.4, -0.2) is 91.2 Å². The number of anilines is 2. The lowest BCUT2D eigenvalue weighted by molar-refractivity contribution is -0.136. The first-order valence-corrected chi connectivity index (χ1v) is 16.1. The lowest BCUT2D eigenvalue weighted by Gasteiger charge is -2.36. The Morgan fingerprint density at radius 3 is 2.38 bits per heavy atom. The summed E-state index contributed by atoms with van der Waals surface area (Å²) in [6, 6.07) is 11.9. The highest BCUT2D eigenvalue weighted by atomic mass is 16.2. The van der Waals surface area contributed by atoms with Crippen LogP contribution < -0.4 is 26.4 Å². The number of hydrazine groups is 1. The highest BCUT2D eigenvalue weighted by Gasteiger charge is 2.45. The monoisotopic (exact) mass is 617 g/mol. The van der Waals surface area contributed by atoms with E-state index < -0.39 is 23.8 Å². The summed E-state index contributed by atoms with van der Waals surface area (Å²) < 4.78 is 0. The summed E-state index contributed by atoms with van der Waals surface area (Å²) >= 11 is 0. The smallest absolute Gasteiger partial charge is 0.265 e. The van der Waals surface area contributed by atoms with E-state index in [0.717, 1.165) is 82.0 Å². The van der Waals surface area contributed by atoms with Crippen molar-refractivity contribution in [2.75, 3.05) is 56.0 Å². The Balaban J connectivity index is 0.986. The average Bonchev–Trinajstić information content (AvgIpc) is 3.30. The topological polar surface area (TPSA) is 143 Å². The SMILES string of the molecule is CCCNNC(=O)c1ccc(N2CCN(CCCCCCNc3cccc4c3C(=O)N(C3CCC(=O)NC3=O)C4=O)CC2)cc1. The van der Waals surface area contributed by atoms with Crippen molar-refractivity contribution in [1.82, 2.24) is 26.0 Å². The number of carbonyl (C=O) groups excluding carboxylic acids is 5. The van der Waals surface area contributed by atoms with Crippen molar-refractivity contribution in [2.24, 2.45) is 0 Å². The van der Waals surface area contributed by atoms with E-state index >= 15 is 0 Å². The first kappa shape index (κ1) is 32.1. The Hall–Kier alpha value is -4.29. The number of fused-ring (bicyclic) bond motifs is 1. The highest BCUT2D eigenvalue weighted by molar-refractivity contribution is 6.25. The van der Waals surface area contributed by atoms with Gasteiger partial charge in [0.2, 0.25) is 11.8 Å². The van der Waals surface area contributed by atoms with Gasteiger partial charge >= 0.3 is 0 Å². The molecule has 5 rings (SSSR count). The number of amides is 5. The number of carbonyl (C=O) groups is 5. The number of nitrogens with zero attached hydrogens (tertiary/aromatic N) is 3. The molecule has 2 saturated heterocycles. The van der Waals surface area contributed by atoms with Gasteiger partial charge in [0.05, 0.1) is 11.1 Å². The van der Waals surface area contributed by atoms with E-state index in [9.17, 15) is 24.0 Å². The van der Waals surface area contributed by atoms with Gasteiger partial charge in [-0.1, -0.05) is 25.8 Å². The van der Waals surface area contributed by atoms with Crippen LogP contribution in [0.5, 0.6) is 0 Å². The molecule has 0 saturated carbocycles. The Labute approximate surface area is 263 Å². The molecule has 12 nitrogen and oxygen atoms in total. The molecule has 5 amide bonds. The molecular formula is C33H43N7O5. The molecule has 0 aromatic heterocycles. The number of unbranched alkanes of at least 4 members (excludes halogenated alkanes) is 3. The summed E-state index contributed by atoms with van der Waals surface area (Å²) in [6.45, 7) is 8.44. The maximum absolute atomic E-state index is 13.2. The average molecular weight is 618 g/mol. The predicted molar refractivity (Wildman–Crippen MR) is 171 cm³/mol. The molecule has 45 heavy (non-hydrogen) atoms. The number of benzene rings is 2. The van der Waals surface area contributed by atoms with E-state index in [2.05, 4.69) is 31.3 Å². The molecule has 12 heteroatoms. The molecule has 3 heterocycles. The van der Waals surface area contributed by atoms with Gasteiger partial charge in [0, 0.05) is 62.6 Å². The molecule has 0 aliphatic carbocycles. The Bertz CT molecular complexity index is 1400. The number of rotatable bonds is 14. The zero-order valence-electron chi connectivity index (χ0n) is 25.9. The fourth-order valence-electron chi connectivity index (χ4n) is 6.09. The molecule has 2 aromatic rings. The minimum atomic E-state index is -0.968. The summed E-state index contributed by atoms with van der Waals surface area (Å²) in [5, 5.41) is 5.55. The third-order valence-electron chi connectivity index (χ3n) is 8.63. The van der Waals surface area contributed by atoms with Crippen molar-refractivity contribution in [2.45, 2.75) is 57.9 Å². The van der Waals surface area contributed by atoms with Crippen LogP contribution >= 0.6 is 0 Å². The molecule has 2 aromatic carbocycles. The first-order chi connectivity index (χ1) is 21.9. The van der Waals surface area contributed by atoms with Gasteiger partial charge in [0.1, 0.15) is 6.04 Å². The molecule has 4 N–H and O–H groups in total. The Kier molecular flexibility index (Phi) is 10.8. The van der Waals surface area contributed by atoms with Crippen LogP contribution in [0.4, 0.5) is 11.4 Å². The number of hydrogen-bond donors (Lipinski definition) is 4. The van der Waals surface area contributed by atoms with Crippen LogP contribution in [-0.2, 0) is 9.59 Å². The van der Waals surface area contributed by atoms with E-state index in [-0.39, 0.29) is 30.2 Å². The molecule has 1 atom stereocenters. The molecular weight excluding hydrogens is 574 g/mol. The maximum Gasteiger partial charge on any atom is 0.265 e. The van der Waals surface area contributed by atoms with Gasteiger partial charge in [-0.3, -0.25) is 44.5 Å². The van der Waals surface area contributed by atoms with Crippen LogP contribution in [0.1, 0.15) is 82.9 Å². The van der Waals surface area contributed by atoms with Gasteiger partial charge < -0.3 is 10.2 Å². The zero-order chi connectivity index (χ0) is 31.8. The summed E-state index contributed by atoms with van der Waals surface area (Å²) in [5.41, 5.74) is 8.60. The normalized spacial score (nSPS) is 18.6. The Morgan fingerprint density at radius 2 is 1.64 bits per heavy atom. The molecule has 3 aliphatic heterocycles. The molecule has 2 fully saturated rings. The van der Waals surface area contributed by atoms with E-state index in [1.807, 2.05) is 31.2 Å². The Morgan fingerprint density at radius 1 is 0.889 bits per heavy atom. The molecule has 1 unspecified atom stereocenters. The van der Waals surface area contributed by atoms with Crippen LogP contribution in [0.3, 0.4) is 0 Å². The molecule has 0 radical (unpaired) electrons. The van der Waals surface area contributed by atoms with Gasteiger partial charge in [-0.05, 0) is 68.6 Å². The molecule has 0 spiro atoms. The van der Waals surface area contributed by atoms with E-state index in [0.29, 0.717) is 23.4 Å². The fraction of sp³-hybridized carbons (Fsp3) is 0.485. The standard InChI is InChI=1S/C33H43N7O5/c1-2-16-35-37-30(42)23-10-12-24(13-11-23)39-21-19-38(20-22-39)18-6-4-3-5-17-34-26-9-7-8-25-29(26)33(45)40(32(25)44)27-14-15-28(41)36-31(27)43/h7-13,27,34-35H,2-6,14-22H2,1H3,(H,37,42)(H,36,41,43). The quantitative estimate of drug-likeness (QED) is 0.143. The van der Waals surface area contributed by atoms with Crippen molar-refractivity contribution in [3.05, 3.63) is 59.2 Å². The van der Waals surface area contributed by atoms with Gasteiger partial charge in [-0.25, -0.2) is 5.43 Å². The largest absolute Gasteiger partial charge is 0.384 e. The zero-order valence-corrected chi connectivity index (χ0v) is 25.9. The van der Waals surface area contributed by atoms with Gasteiger partial charge in [-0.15, -0.1) is 0 Å². The maximum atomic E-state index is 13.2. The lowest BCUT2D eigenvalue weighted by Crippen LogP contribution is -2.54. The number of nitrogens with one attached hydrogen (secondary N) is 4. The second-order valence-electron chi connectivity index (χ2n) is 11.8. The number of imide groups is 2. The van der Waals surface area contributed by atoms with Gasteiger partial charge in [0.15, 0.2) is 0 Å². The van der Waals surface area contributed by atoms with Gasteiger partial charge in [0.25, 0.3) is 17.7 Å². The third kappa shape index (κ3) is 7.69. The third-order valence-corrected chi connectivity index (χ3v) is 8.63. The van der Waals surface area contributed by atoms with Crippen molar-refractivity contribution >= 4 is 40.9 Å². The summed E-state index contributed by atoms with van der Waals surface area (Å²) in [4.78, 5) is 68.2. The van der Waals surface area contributed by atoms with Crippen LogP contribution in [0.15, 0.2) is 42.5 Å². The van der Waals surface area contributed by atoms with Crippen LogP contribution in [0, 0.1) is 0 Å². The summed E-state index contributed by atoms with van der Waals surface area (Å²) in [5.74, 6) is -2.10. The summed E-state index contributed by atoms with van der Waals surface area (Å²) in [6.07, 6.45) is 5.38. The molecule has 240 valence electrons. The van der Waals surface area contributed by atoms with E-state index in [1.54, 1.807) is 18.2 Å². The van der Waals surface area contributed by atoms with Crippen LogP contribution in [0.25, 0.3) is 0 Å². The second kappa shape index (κ2) is 15.1. The van der Waals surface area contributed by atoms with Gasteiger partial charge in [-0.2, -0.15) is 0 Å². The number of piperazine rings is 1. The van der Waals surface area contributed by atoms with Crippen molar-refractivity contribution in [1.29, 1.82) is 0 Å². The van der Waals surface area contributed by atoms with Crippen LogP contribution in [0.2, 0.25) is 0 Å². The van der Waals surface area contributed by atoms with Crippen molar-refractivity contribution in [3.8, 4) is 0 Å². The minimum absolute atomic E-state index is 0.0968. The number of hydrogen-bond acceptors (Lipinski definition) is 9. The van der Waals surface area contributed by atoms with E-state index in [1.165, 1.54) is 0 Å². The summed E-state index contributed by atoms with van der Waals surface area (Å²) in [7, 11) is 0. The minimum Gasteiger partial charge on any atom is -0.384 e. The highest BCUT2D eigenvalue weighted by Crippen LogP contribution is 2.32. The fourth-order valence-corrected chi connectivity index (χ4v) is 6.09. The molecule has 3 aliphatic rings. The predicted octanol–water partition coefficient (Wildman–Crippen LogP) is 2.53. The van der Waals surface area contributed by atoms with Crippen molar-refractivity contribution < 1.29 is 24.0 Å². The number of piperidine rings is 1. The molecule has 0 bridgehead atoms. The first-order valence-electron chi connectivity index (χ1n) is 16.1. The lowest BCUT2D eigenvalue weighted by atomic mass is 10.0. The second-order valence-corrected chi connectivity index (χ2v) is 11.8.